The average Bonchev–Trinajstić information content (AvgIpc) is 3.39. The molecule has 0 unspecified atom stereocenters. The first kappa shape index (κ1) is 17.7. The molecule has 0 radical (unpaired) electrons. The second-order valence-electron chi connectivity index (χ2n) is 7.69. The number of hydrogen-bond donors (Lipinski definition) is 3. The van der Waals surface area contributed by atoms with Gasteiger partial charge in [-0.15, -0.1) is 11.3 Å². The van der Waals surface area contributed by atoms with Crippen LogP contribution in [0.3, 0.4) is 0 Å². The Morgan fingerprint density at radius 1 is 1.36 bits per heavy atom. The van der Waals surface area contributed by atoms with Gasteiger partial charge in [-0.3, -0.25) is 4.79 Å². The molecule has 5 rings (SSSR count). The van der Waals surface area contributed by atoms with Crippen LogP contribution >= 0.6 is 11.3 Å². The van der Waals surface area contributed by atoms with Crippen molar-refractivity contribution in [3.8, 4) is 10.4 Å². The number of nitrogens with one attached hydrogen (secondary N) is 1. The fourth-order valence-corrected chi connectivity index (χ4v) is 5.43. The zero-order chi connectivity index (χ0) is 19.4. The number of aromatic nitrogens is 4. The molecule has 4 N–H and O–H groups in total. The third kappa shape index (κ3) is 2.73. The highest BCUT2D eigenvalue weighted by Crippen LogP contribution is 2.40. The molecule has 3 aromatic rings. The monoisotopic (exact) mass is 398 g/mol. The van der Waals surface area contributed by atoms with Gasteiger partial charge in [0.2, 0.25) is 0 Å². The minimum Gasteiger partial charge on any atom is -0.389 e. The van der Waals surface area contributed by atoms with Crippen LogP contribution in [0, 0.1) is 0 Å². The van der Waals surface area contributed by atoms with Gasteiger partial charge in [-0.05, 0) is 32.6 Å². The van der Waals surface area contributed by atoms with Crippen molar-refractivity contribution >= 4 is 28.6 Å². The van der Waals surface area contributed by atoms with Crippen LogP contribution in [0.5, 0.6) is 0 Å². The van der Waals surface area contributed by atoms with E-state index in [0.717, 1.165) is 29.0 Å². The first-order valence-corrected chi connectivity index (χ1v) is 10.4. The molecule has 3 aromatic heterocycles. The molecule has 0 spiro atoms. The highest BCUT2D eigenvalue weighted by atomic mass is 32.1. The molecule has 2 bridgehead atoms. The van der Waals surface area contributed by atoms with Gasteiger partial charge in [-0.25, -0.2) is 9.97 Å². The van der Waals surface area contributed by atoms with Gasteiger partial charge >= 0.3 is 0 Å². The van der Waals surface area contributed by atoms with Crippen LogP contribution in [0.1, 0.15) is 59.6 Å². The molecule has 9 heteroatoms. The van der Waals surface area contributed by atoms with Crippen LogP contribution in [-0.4, -0.2) is 42.6 Å². The zero-order valence-corrected chi connectivity index (χ0v) is 16.4. The number of carbonyl (C=O) groups excluding carboxylic acids is 1. The Balaban J connectivity index is 1.68. The van der Waals surface area contributed by atoms with Crippen LogP contribution in [0.2, 0.25) is 0 Å². The van der Waals surface area contributed by atoms with E-state index < -0.39 is 0 Å². The van der Waals surface area contributed by atoms with Crippen molar-refractivity contribution in [3.05, 3.63) is 28.7 Å². The summed E-state index contributed by atoms with van der Waals surface area (Å²) in [5.74, 6) is 0.476. The molecule has 3 atom stereocenters. The van der Waals surface area contributed by atoms with Crippen molar-refractivity contribution in [2.24, 2.45) is 0 Å². The Kier molecular flexibility index (Phi) is 4.18. The summed E-state index contributed by atoms with van der Waals surface area (Å²) in [6.07, 6.45) is 7.71. The Hall–Kier alpha value is -2.36. The van der Waals surface area contributed by atoms with Gasteiger partial charge in [0.15, 0.2) is 11.4 Å². The first-order valence-electron chi connectivity index (χ1n) is 9.55. The number of carbonyl (C=O) groups is 1. The molecule has 8 nitrogen and oxygen atoms in total. The number of anilines is 1. The second-order valence-corrected chi connectivity index (χ2v) is 8.80. The SMILES string of the molecule is CC(=O)c1c([C@H]2C[C@H]3CC[C@@H](C2)N3)nc2c(-c3cnc(CO)s3)cnn2c1N. The molecule has 0 aliphatic carbocycles. The molecule has 2 saturated heterocycles. The Morgan fingerprint density at radius 2 is 2.11 bits per heavy atom. The van der Waals surface area contributed by atoms with Crippen molar-refractivity contribution < 1.29 is 9.90 Å². The number of rotatable bonds is 4. The molecular formula is C19H22N6O2S. The van der Waals surface area contributed by atoms with Crippen molar-refractivity contribution in [3.63, 3.8) is 0 Å². The number of aliphatic hydroxyl groups is 1. The van der Waals surface area contributed by atoms with Crippen molar-refractivity contribution in [1.82, 2.24) is 24.9 Å². The van der Waals surface area contributed by atoms with Crippen LogP contribution in [0.25, 0.3) is 16.1 Å². The standard InChI is InChI=1S/C19H22N6O2S/c1-9(27)16-17(10-4-11-2-3-12(5-10)23-11)24-19-13(6-22-25(19)18(16)20)14-7-21-15(8-26)28-14/h6-7,10-12,23,26H,2-5,8,20H2,1H3/t10-,11+,12-. The summed E-state index contributed by atoms with van der Waals surface area (Å²) in [4.78, 5) is 22.5. The third-order valence-electron chi connectivity index (χ3n) is 5.88. The van der Waals surface area contributed by atoms with Gasteiger partial charge in [0.1, 0.15) is 10.8 Å². The lowest BCUT2D eigenvalue weighted by molar-refractivity contribution is 0.101. The fraction of sp³-hybridized carbons (Fsp3) is 0.474. The fourth-order valence-electron chi connectivity index (χ4n) is 4.65. The number of nitrogens with zero attached hydrogens (tertiary/aromatic N) is 4. The van der Waals surface area contributed by atoms with Crippen LogP contribution in [-0.2, 0) is 6.61 Å². The molecule has 28 heavy (non-hydrogen) atoms. The maximum absolute atomic E-state index is 12.5. The highest BCUT2D eigenvalue weighted by molar-refractivity contribution is 7.15. The Bertz CT molecular complexity index is 1060. The van der Waals surface area contributed by atoms with Crippen LogP contribution in [0.4, 0.5) is 5.82 Å². The molecule has 146 valence electrons. The van der Waals surface area contributed by atoms with E-state index in [2.05, 4.69) is 15.4 Å². The molecule has 5 heterocycles. The number of thiazole rings is 1. The first-order chi connectivity index (χ1) is 13.5. The quantitative estimate of drug-likeness (QED) is 0.576. The topological polar surface area (TPSA) is 118 Å². The normalized spacial score (nSPS) is 24.1. The lowest BCUT2D eigenvalue weighted by Gasteiger charge is -2.30. The van der Waals surface area contributed by atoms with E-state index >= 15 is 0 Å². The van der Waals surface area contributed by atoms with Gasteiger partial charge in [0.25, 0.3) is 0 Å². The zero-order valence-electron chi connectivity index (χ0n) is 15.6. The van der Waals surface area contributed by atoms with Gasteiger partial charge in [0.05, 0.1) is 34.5 Å². The number of Topliss-reactive ketones (excluding diaryl/α,β-unsaturated/α-hetero) is 1. The molecule has 2 aliphatic rings. The summed E-state index contributed by atoms with van der Waals surface area (Å²) in [7, 11) is 0. The predicted octanol–water partition coefficient (Wildman–Crippen LogP) is 2.13. The molecule has 0 aromatic carbocycles. The minimum absolute atomic E-state index is 0.0785. The number of ketones is 1. The molecule has 0 saturated carbocycles. The summed E-state index contributed by atoms with van der Waals surface area (Å²) >= 11 is 1.40. The lowest BCUT2D eigenvalue weighted by Crippen LogP contribution is -2.38. The van der Waals surface area contributed by atoms with E-state index in [4.69, 9.17) is 10.7 Å². The van der Waals surface area contributed by atoms with Gasteiger partial charge < -0.3 is 16.2 Å². The molecule has 0 amide bonds. The molecule has 2 fully saturated rings. The number of aliphatic hydroxyl groups excluding tert-OH is 1. The number of fused-ring (bicyclic) bond motifs is 3. The predicted molar refractivity (Wildman–Crippen MR) is 106 cm³/mol. The maximum Gasteiger partial charge on any atom is 0.166 e. The smallest absolute Gasteiger partial charge is 0.166 e. The summed E-state index contributed by atoms with van der Waals surface area (Å²) in [6.45, 7) is 1.44. The number of piperidine rings is 1. The van der Waals surface area contributed by atoms with Crippen molar-refractivity contribution in [2.45, 2.75) is 57.2 Å². The van der Waals surface area contributed by atoms with E-state index in [1.165, 1.54) is 24.2 Å². The minimum atomic E-state index is -0.100. The highest BCUT2D eigenvalue weighted by Gasteiger charge is 2.37. The summed E-state index contributed by atoms with van der Waals surface area (Å²) in [6, 6.07) is 0.974. The summed E-state index contributed by atoms with van der Waals surface area (Å²) in [5, 5.41) is 18.0. The van der Waals surface area contributed by atoms with Gasteiger partial charge in [-0.1, -0.05) is 0 Å². The third-order valence-corrected chi connectivity index (χ3v) is 6.89. The van der Waals surface area contributed by atoms with Crippen molar-refractivity contribution in [2.75, 3.05) is 5.73 Å². The lowest BCUT2D eigenvalue weighted by atomic mass is 9.86. The molecular weight excluding hydrogens is 376 g/mol. The van der Waals surface area contributed by atoms with Gasteiger partial charge in [0, 0.05) is 24.2 Å². The van der Waals surface area contributed by atoms with E-state index in [1.807, 2.05) is 0 Å². The number of nitrogens with two attached hydrogens (primary N) is 1. The van der Waals surface area contributed by atoms with E-state index in [1.54, 1.807) is 23.8 Å². The molecule has 2 aliphatic heterocycles. The number of nitrogen functional groups attached to an aromatic ring is 1. The Morgan fingerprint density at radius 3 is 2.75 bits per heavy atom. The van der Waals surface area contributed by atoms with E-state index in [0.29, 0.717) is 34.1 Å². The van der Waals surface area contributed by atoms with Gasteiger partial charge in [-0.2, -0.15) is 9.61 Å². The maximum atomic E-state index is 12.5. The van der Waals surface area contributed by atoms with Crippen LogP contribution in [0.15, 0.2) is 12.4 Å². The van der Waals surface area contributed by atoms with E-state index in [-0.39, 0.29) is 18.3 Å². The summed E-state index contributed by atoms with van der Waals surface area (Å²) in [5.41, 5.74) is 9.15. The van der Waals surface area contributed by atoms with Crippen molar-refractivity contribution in [1.29, 1.82) is 0 Å². The van der Waals surface area contributed by atoms with Crippen LogP contribution < -0.4 is 11.1 Å². The average molecular weight is 398 g/mol. The summed E-state index contributed by atoms with van der Waals surface area (Å²) < 4.78 is 1.55. The largest absolute Gasteiger partial charge is 0.389 e. The second kappa shape index (κ2) is 6.61. The van der Waals surface area contributed by atoms with E-state index in [9.17, 15) is 9.90 Å². The Labute approximate surface area is 165 Å². The number of hydrogen-bond acceptors (Lipinski definition) is 8.